The number of hydrogen-bond donors (Lipinski definition) is 0. The molecule has 0 spiro atoms. The maximum atomic E-state index is 9.82. The van der Waals surface area contributed by atoms with Gasteiger partial charge in [-0.1, -0.05) is 5.43 Å². The fourth-order valence-electron chi connectivity index (χ4n) is 0.459. The van der Waals surface area contributed by atoms with Gasteiger partial charge < -0.3 is 10.1 Å². The number of rotatable bonds is 0. The predicted octanol–water partition coefficient (Wildman–Crippen LogP) is -0.415. The normalized spacial score (nSPS) is 17.2. The van der Waals surface area contributed by atoms with Crippen molar-refractivity contribution in [3.8, 4) is 0 Å². The Labute approximate surface area is 45.5 Å². The van der Waals surface area contributed by atoms with Gasteiger partial charge in [-0.15, -0.1) is 0 Å². The zero-order valence-corrected chi connectivity index (χ0v) is 4.07. The third kappa shape index (κ3) is 0.749. The molecule has 1 rings (SSSR count). The Morgan fingerprint density at radius 2 is 2.50 bits per heavy atom. The van der Waals surface area contributed by atoms with E-state index in [2.05, 4.69) is 10.5 Å². The summed E-state index contributed by atoms with van der Waals surface area (Å²) in [5.41, 5.74) is 3.43. The van der Waals surface area contributed by atoms with Gasteiger partial charge >= 0.3 is 5.84 Å². The molecule has 1 aliphatic rings. The average molecular weight is 114 g/mol. The summed E-state index contributed by atoms with van der Waals surface area (Å²) in [6.45, 7) is 0.469. The molecule has 5 heteroatoms. The first-order valence-electron chi connectivity index (χ1n) is 2.18. The Bertz CT molecular complexity index is 141. The highest BCUT2D eigenvalue weighted by Gasteiger charge is 2.19. The number of nitro groups is 1. The van der Waals surface area contributed by atoms with E-state index in [1.165, 1.54) is 0 Å². The van der Waals surface area contributed by atoms with Crippen molar-refractivity contribution in [3.05, 3.63) is 10.1 Å². The molecule has 1 radical (unpaired) electrons. The van der Waals surface area contributed by atoms with Crippen LogP contribution in [0.25, 0.3) is 0 Å². The SMILES string of the molecule is O=[N+]([O-])C1=N[N]CC1. The Kier molecular flexibility index (Phi) is 1.11. The van der Waals surface area contributed by atoms with Crippen molar-refractivity contribution in [3.63, 3.8) is 0 Å². The first kappa shape index (κ1) is 5.02. The van der Waals surface area contributed by atoms with E-state index in [0.29, 0.717) is 13.0 Å². The molecular weight excluding hydrogens is 110 g/mol. The van der Waals surface area contributed by atoms with Crippen LogP contribution in [0.3, 0.4) is 0 Å². The van der Waals surface area contributed by atoms with Gasteiger partial charge in [-0.05, 0) is 4.92 Å². The highest BCUT2D eigenvalue weighted by atomic mass is 16.6. The van der Waals surface area contributed by atoms with Gasteiger partial charge in [0.1, 0.15) is 0 Å². The van der Waals surface area contributed by atoms with E-state index < -0.39 is 4.92 Å². The molecular formula is C3H4N3O2. The van der Waals surface area contributed by atoms with Gasteiger partial charge in [-0.25, -0.2) is 0 Å². The van der Waals surface area contributed by atoms with Crippen LogP contribution in [-0.2, 0) is 0 Å². The monoisotopic (exact) mass is 114 g/mol. The highest BCUT2D eigenvalue weighted by Crippen LogP contribution is 1.93. The summed E-state index contributed by atoms with van der Waals surface area (Å²) in [5, 5.41) is 13.1. The minimum atomic E-state index is -0.503. The fraction of sp³-hybridized carbons (Fsp3) is 0.667. The molecule has 43 valence electrons. The lowest BCUT2D eigenvalue weighted by Crippen LogP contribution is -2.07. The smallest absolute Gasteiger partial charge is 0.358 e. The first-order valence-corrected chi connectivity index (χ1v) is 2.18. The standard InChI is InChI=1S/C3H4N3O2/c7-6(8)3-1-2-4-5-3/h1-2H2. The second-order valence-electron chi connectivity index (χ2n) is 1.39. The van der Waals surface area contributed by atoms with Crippen molar-refractivity contribution >= 4 is 5.84 Å². The molecule has 0 bridgehead atoms. The second kappa shape index (κ2) is 1.77. The van der Waals surface area contributed by atoms with Crippen molar-refractivity contribution in [2.24, 2.45) is 5.10 Å². The average Bonchev–Trinajstić information content (AvgIpc) is 2.12. The molecule has 8 heavy (non-hydrogen) atoms. The van der Waals surface area contributed by atoms with E-state index in [4.69, 9.17) is 0 Å². The van der Waals surface area contributed by atoms with Gasteiger partial charge in [0.05, 0.1) is 18.1 Å². The van der Waals surface area contributed by atoms with E-state index in [-0.39, 0.29) is 5.84 Å². The maximum absolute atomic E-state index is 9.82. The maximum Gasteiger partial charge on any atom is 0.367 e. The first-order chi connectivity index (χ1) is 3.80. The quantitative estimate of drug-likeness (QED) is 0.317. The second-order valence-corrected chi connectivity index (χ2v) is 1.39. The summed E-state index contributed by atoms with van der Waals surface area (Å²) in [6, 6.07) is 0. The van der Waals surface area contributed by atoms with Crippen LogP contribution < -0.4 is 5.43 Å². The molecule has 0 fully saturated rings. The predicted molar refractivity (Wildman–Crippen MR) is 26.0 cm³/mol. The molecule has 1 heterocycles. The molecule has 0 aromatic heterocycles. The molecule has 0 saturated carbocycles. The Balaban J connectivity index is 2.57. The van der Waals surface area contributed by atoms with Gasteiger partial charge in [0.15, 0.2) is 0 Å². The van der Waals surface area contributed by atoms with Crippen LogP contribution in [0.5, 0.6) is 0 Å². The van der Waals surface area contributed by atoms with E-state index >= 15 is 0 Å². The summed E-state index contributed by atoms with van der Waals surface area (Å²) in [7, 11) is 0. The van der Waals surface area contributed by atoms with Gasteiger partial charge in [0, 0.05) is 0 Å². The molecule has 0 aromatic carbocycles. The topological polar surface area (TPSA) is 69.6 Å². The molecule has 0 N–H and O–H groups in total. The van der Waals surface area contributed by atoms with Crippen LogP contribution in [-0.4, -0.2) is 17.3 Å². The molecule has 0 aliphatic carbocycles. The summed E-state index contributed by atoms with van der Waals surface area (Å²) in [6.07, 6.45) is 0.382. The summed E-state index contributed by atoms with van der Waals surface area (Å²) in [5.74, 6) is -0.0231. The molecule has 0 unspecified atom stereocenters. The van der Waals surface area contributed by atoms with Crippen LogP contribution in [0.1, 0.15) is 6.42 Å². The lowest BCUT2D eigenvalue weighted by Gasteiger charge is -1.84. The van der Waals surface area contributed by atoms with Crippen LogP contribution in [0, 0.1) is 10.1 Å². The Morgan fingerprint density at radius 3 is 2.75 bits per heavy atom. The highest BCUT2D eigenvalue weighted by molar-refractivity contribution is 5.75. The summed E-state index contributed by atoms with van der Waals surface area (Å²) < 4.78 is 0. The number of nitrogens with zero attached hydrogens (tertiary/aromatic N) is 3. The zero-order chi connectivity index (χ0) is 5.98. The third-order valence-electron chi connectivity index (χ3n) is 0.832. The number of amidine groups is 1. The van der Waals surface area contributed by atoms with E-state index in [0.717, 1.165) is 0 Å². The van der Waals surface area contributed by atoms with Gasteiger partial charge in [0.2, 0.25) is 0 Å². The lowest BCUT2D eigenvalue weighted by molar-refractivity contribution is -0.352. The molecule has 0 aromatic rings. The van der Waals surface area contributed by atoms with E-state index in [1.54, 1.807) is 0 Å². The molecule has 0 amide bonds. The Morgan fingerprint density at radius 1 is 1.75 bits per heavy atom. The van der Waals surface area contributed by atoms with Crippen LogP contribution in [0.4, 0.5) is 0 Å². The van der Waals surface area contributed by atoms with Gasteiger partial charge in [0.25, 0.3) is 0 Å². The molecule has 5 nitrogen and oxygen atoms in total. The summed E-state index contributed by atoms with van der Waals surface area (Å²) in [4.78, 5) is 9.31. The minimum absolute atomic E-state index is 0.0231. The van der Waals surface area contributed by atoms with Crippen molar-refractivity contribution < 1.29 is 4.92 Å². The number of hydrogen-bond acceptors (Lipinski definition) is 3. The van der Waals surface area contributed by atoms with Crippen LogP contribution >= 0.6 is 0 Å². The molecule has 1 aliphatic heterocycles. The van der Waals surface area contributed by atoms with Crippen molar-refractivity contribution in [1.82, 2.24) is 5.43 Å². The zero-order valence-electron chi connectivity index (χ0n) is 4.07. The fourth-order valence-corrected chi connectivity index (χ4v) is 0.459. The lowest BCUT2D eigenvalue weighted by atomic mass is 10.4. The van der Waals surface area contributed by atoms with Gasteiger partial charge in [-0.2, -0.15) is 0 Å². The van der Waals surface area contributed by atoms with E-state index in [1.807, 2.05) is 0 Å². The third-order valence-corrected chi connectivity index (χ3v) is 0.832. The molecule has 0 saturated heterocycles. The van der Waals surface area contributed by atoms with Crippen molar-refractivity contribution in [1.29, 1.82) is 0 Å². The molecule has 0 atom stereocenters. The van der Waals surface area contributed by atoms with Crippen LogP contribution in [0.2, 0.25) is 0 Å². The summed E-state index contributed by atoms with van der Waals surface area (Å²) >= 11 is 0. The van der Waals surface area contributed by atoms with E-state index in [9.17, 15) is 10.1 Å². The van der Waals surface area contributed by atoms with Crippen molar-refractivity contribution in [2.75, 3.05) is 6.54 Å². The largest absolute Gasteiger partial charge is 0.367 e. The van der Waals surface area contributed by atoms with Crippen molar-refractivity contribution in [2.45, 2.75) is 6.42 Å². The van der Waals surface area contributed by atoms with Gasteiger partial charge in [-0.3, -0.25) is 0 Å². The van der Waals surface area contributed by atoms with Crippen LogP contribution in [0.15, 0.2) is 5.10 Å². The minimum Gasteiger partial charge on any atom is -0.358 e. The Hall–Kier alpha value is -1.13.